The lowest BCUT2D eigenvalue weighted by Gasteiger charge is -2.47. The standard InChI is InChI=1S/C41H49N3O10S2/c1-28(2)35-22-32-25-44(55(48,49)33-15-18-42(19-16-33)41(47)53-26-29-8-4-3-5-9-29)21-17-37(32)54-40(35)36-23-34(12-13-38(36)52-27-39(45)46)56(50,51)43-20-14-30-10-6-7-11-31(30)24-43/h3-13,23,32-33,35,37,40H,1,14-22,24-27H2,2H3,(H,45,46)/t32-,35-,37+,40+/m1/s1. The highest BCUT2D eigenvalue weighted by molar-refractivity contribution is 7.89. The monoisotopic (exact) mass is 807 g/mol. The van der Waals surface area contributed by atoms with E-state index in [1.165, 1.54) is 22.5 Å². The molecule has 0 radical (unpaired) electrons. The largest absolute Gasteiger partial charge is 0.482 e. The van der Waals surface area contributed by atoms with Crippen molar-refractivity contribution in [2.24, 2.45) is 11.8 Å². The van der Waals surface area contributed by atoms with E-state index in [-0.39, 0.29) is 67.9 Å². The number of benzene rings is 3. The van der Waals surface area contributed by atoms with Crippen LogP contribution in [0, 0.1) is 11.8 Å². The molecule has 1 amide bonds. The summed E-state index contributed by atoms with van der Waals surface area (Å²) < 4.78 is 77.2. The molecule has 0 bridgehead atoms. The number of aliphatic carboxylic acids is 1. The van der Waals surface area contributed by atoms with Gasteiger partial charge in [-0.05, 0) is 79.8 Å². The molecule has 3 fully saturated rings. The Kier molecular flexibility index (Phi) is 11.9. The van der Waals surface area contributed by atoms with Crippen molar-refractivity contribution in [1.29, 1.82) is 0 Å². The van der Waals surface area contributed by atoms with E-state index in [1.54, 1.807) is 9.21 Å². The van der Waals surface area contributed by atoms with Crippen LogP contribution in [-0.4, -0.2) is 98.2 Å². The van der Waals surface area contributed by atoms with Crippen molar-refractivity contribution in [3.8, 4) is 5.75 Å². The van der Waals surface area contributed by atoms with E-state index in [9.17, 15) is 31.5 Å². The van der Waals surface area contributed by atoms with Gasteiger partial charge in [-0.1, -0.05) is 66.7 Å². The summed E-state index contributed by atoms with van der Waals surface area (Å²) in [6, 6.07) is 21.6. The van der Waals surface area contributed by atoms with Crippen molar-refractivity contribution in [2.75, 3.05) is 39.3 Å². The van der Waals surface area contributed by atoms with Crippen LogP contribution in [0.15, 0.2) is 89.8 Å². The average molecular weight is 808 g/mol. The van der Waals surface area contributed by atoms with E-state index in [4.69, 9.17) is 14.2 Å². The molecule has 15 heteroatoms. The van der Waals surface area contributed by atoms with Gasteiger partial charge in [0.15, 0.2) is 6.61 Å². The van der Waals surface area contributed by atoms with Crippen LogP contribution < -0.4 is 4.74 Å². The molecule has 13 nitrogen and oxygen atoms in total. The quantitative estimate of drug-likeness (QED) is 0.250. The Balaban J connectivity index is 1.05. The number of piperidine rings is 2. The summed E-state index contributed by atoms with van der Waals surface area (Å²) >= 11 is 0. The number of sulfonamides is 2. The molecular weight excluding hydrogens is 759 g/mol. The number of nitrogens with zero attached hydrogens (tertiary/aromatic N) is 3. The minimum Gasteiger partial charge on any atom is -0.482 e. The molecule has 3 aromatic carbocycles. The number of carbonyl (C=O) groups excluding carboxylic acids is 1. The molecule has 3 saturated heterocycles. The second-order valence-electron chi connectivity index (χ2n) is 15.2. The molecule has 0 aliphatic carbocycles. The van der Waals surface area contributed by atoms with Crippen molar-refractivity contribution in [3.63, 3.8) is 0 Å². The Labute approximate surface area is 328 Å². The Bertz CT molecular complexity index is 2160. The number of carbonyl (C=O) groups is 2. The Morgan fingerprint density at radius 2 is 1.61 bits per heavy atom. The molecule has 3 aromatic rings. The van der Waals surface area contributed by atoms with Crippen molar-refractivity contribution < 1.29 is 45.7 Å². The molecule has 4 atom stereocenters. The van der Waals surface area contributed by atoms with Gasteiger partial charge in [-0.3, -0.25) is 0 Å². The highest BCUT2D eigenvalue weighted by Crippen LogP contribution is 2.48. The number of carboxylic acid groups (broad SMARTS) is 1. The zero-order chi connectivity index (χ0) is 39.6. The maximum absolute atomic E-state index is 14.1. The maximum Gasteiger partial charge on any atom is 0.410 e. The molecule has 4 aliphatic heterocycles. The van der Waals surface area contributed by atoms with Gasteiger partial charge in [0.1, 0.15) is 12.4 Å². The van der Waals surface area contributed by atoms with Gasteiger partial charge in [0, 0.05) is 50.7 Å². The van der Waals surface area contributed by atoms with Crippen LogP contribution in [0.3, 0.4) is 0 Å². The van der Waals surface area contributed by atoms with E-state index in [0.29, 0.717) is 44.2 Å². The van der Waals surface area contributed by atoms with Crippen molar-refractivity contribution >= 4 is 32.1 Å². The van der Waals surface area contributed by atoms with Crippen LogP contribution in [0.4, 0.5) is 4.79 Å². The molecule has 7 rings (SSSR count). The summed E-state index contributed by atoms with van der Waals surface area (Å²) in [4.78, 5) is 25.9. The van der Waals surface area contributed by atoms with Gasteiger partial charge in [-0.15, -0.1) is 0 Å². The first-order chi connectivity index (χ1) is 26.8. The summed E-state index contributed by atoms with van der Waals surface area (Å²) in [5.74, 6) is -1.47. The van der Waals surface area contributed by atoms with E-state index >= 15 is 0 Å². The SMILES string of the molecule is C=C(C)[C@H]1C[C@@H]2CN(S(=O)(=O)C3CCN(C(=O)OCc4ccccc4)CC3)CC[C@@H]2O[C@@H]1c1cc(S(=O)(=O)N2CCc3ccccc3C2)ccc1OCC(=O)O. The van der Waals surface area contributed by atoms with Crippen LogP contribution in [0.1, 0.15) is 61.0 Å². The van der Waals surface area contributed by atoms with Crippen LogP contribution >= 0.6 is 0 Å². The van der Waals surface area contributed by atoms with Crippen molar-refractivity contribution in [2.45, 2.75) is 74.5 Å². The third kappa shape index (κ3) is 8.52. The summed E-state index contributed by atoms with van der Waals surface area (Å²) in [6.07, 6.45) is 0.654. The fourth-order valence-corrected chi connectivity index (χ4v) is 11.9. The number of hydrogen-bond donors (Lipinski definition) is 1. The van der Waals surface area contributed by atoms with E-state index in [2.05, 4.69) is 6.58 Å². The fourth-order valence-electron chi connectivity index (χ4n) is 8.46. The number of hydrogen-bond acceptors (Lipinski definition) is 9. The number of fused-ring (bicyclic) bond motifs is 2. The van der Waals surface area contributed by atoms with Crippen LogP contribution in [0.2, 0.25) is 0 Å². The smallest absolute Gasteiger partial charge is 0.410 e. The molecule has 0 aromatic heterocycles. The van der Waals surface area contributed by atoms with E-state index < -0.39 is 50.1 Å². The molecule has 4 aliphatic rings. The Morgan fingerprint density at radius 1 is 0.893 bits per heavy atom. The number of ether oxygens (including phenoxy) is 3. The van der Waals surface area contributed by atoms with Gasteiger partial charge in [0.25, 0.3) is 0 Å². The number of likely N-dealkylation sites (tertiary alicyclic amines) is 1. The molecule has 1 N–H and O–H groups in total. The Morgan fingerprint density at radius 3 is 2.32 bits per heavy atom. The van der Waals surface area contributed by atoms with Crippen molar-refractivity contribution in [1.82, 2.24) is 13.5 Å². The van der Waals surface area contributed by atoms with Crippen molar-refractivity contribution in [3.05, 3.63) is 107 Å². The molecular formula is C41H49N3O10S2. The third-order valence-corrected chi connectivity index (χ3v) is 15.8. The molecule has 0 unspecified atom stereocenters. The zero-order valence-electron chi connectivity index (χ0n) is 31.5. The molecule has 4 heterocycles. The van der Waals surface area contributed by atoms with Gasteiger partial charge in [0.2, 0.25) is 20.0 Å². The topological polar surface area (TPSA) is 160 Å². The lowest BCUT2D eigenvalue weighted by atomic mass is 9.76. The predicted octanol–water partition coefficient (Wildman–Crippen LogP) is 5.37. The number of rotatable bonds is 11. The summed E-state index contributed by atoms with van der Waals surface area (Å²) in [7, 11) is -7.64. The van der Waals surface area contributed by atoms with Gasteiger partial charge >= 0.3 is 12.1 Å². The normalized spacial score (nSPS) is 23.8. The van der Waals surface area contributed by atoms with Crippen LogP contribution in [0.5, 0.6) is 5.75 Å². The summed E-state index contributed by atoms with van der Waals surface area (Å²) in [6.45, 7) is 7.27. The van der Waals surface area contributed by atoms with Gasteiger partial charge < -0.3 is 24.2 Å². The first-order valence-electron chi connectivity index (χ1n) is 19.1. The van der Waals surface area contributed by atoms with E-state index in [1.807, 2.05) is 61.5 Å². The van der Waals surface area contributed by atoms with Crippen LogP contribution in [0.25, 0.3) is 0 Å². The second-order valence-corrected chi connectivity index (χ2v) is 19.4. The highest BCUT2D eigenvalue weighted by Gasteiger charge is 2.46. The van der Waals surface area contributed by atoms with Gasteiger partial charge in [-0.2, -0.15) is 4.31 Å². The molecule has 300 valence electrons. The summed E-state index contributed by atoms with van der Waals surface area (Å²) in [5.41, 5.74) is 4.13. The number of carboxylic acids is 1. The molecule has 0 saturated carbocycles. The van der Waals surface area contributed by atoms with Crippen LogP contribution in [-0.2, 0) is 53.9 Å². The van der Waals surface area contributed by atoms with Gasteiger partial charge in [0.05, 0.1) is 22.4 Å². The average Bonchev–Trinajstić information content (AvgIpc) is 3.21. The maximum atomic E-state index is 14.1. The Hall–Kier alpha value is -4.28. The first kappa shape index (κ1) is 39.9. The van der Waals surface area contributed by atoms with E-state index in [0.717, 1.165) is 22.3 Å². The minimum atomic E-state index is -3.95. The molecule has 0 spiro atoms. The lowest BCUT2D eigenvalue weighted by molar-refractivity contribution is -0.139. The highest BCUT2D eigenvalue weighted by atomic mass is 32.2. The van der Waals surface area contributed by atoms with Gasteiger partial charge in [-0.25, -0.2) is 30.7 Å². The fraction of sp³-hybridized carbons (Fsp3) is 0.463. The third-order valence-electron chi connectivity index (χ3n) is 11.6. The molecule has 56 heavy (non-hydrogen) atoms. The predicted molar refractivity (Wildman–Crippen MR) is 208 cm³/mol. The number of amides is 1. The first-order valence-corrected chi connectivity index (χ1v) is 22.1. The summed E-state index contributed by atoms with van der Waals surface area (Å²) in [5, 5.41) is 8.81. The minimum absolute atomic E-state index is 0.0529. The zero-order valence-corrected chi connectivity index (χ0v) is 33.1. The lowest BCUT2D eigenvalue weighted by Crippen LogP contribution is -2.54. The second kappa shape index (κ2) is 16.7.